The zero-order valence-electron chi connectivity index (χ0n) is 18.9. The van der Waals surface area contributed by atoms with Crippen LogP contribution >= 0.6 is 0 Å². The first kappa shape index (κ1) is 21.8. The van der Waals surface area contributed by atoms with Crippen molar-refractivity contribution in [2.75, 3.05) is 31.1 Å². The third-order valence-electron chi connectivity index (χ3n) is 7.56. The van der Waals surface area contributed by atoms with Crippen LogP contribution in [0.15, 0.2) is 29.3 Å². The number of cyclic esters (lactones) is 1. The van der Waals surface area contributed by atoms with Crippen LogP contribution in [0.5, 0.6) is 0 Å². The quantitative estimate of drug-likeness (QED) is 0.698. The van der Waals surface area contributed by atoms with Crippen LogP contribution in [0.2, 0.25) is 0 Å². The Balaban J connectivity index is 1.23. The van der Waals surface area contributed by atoms with Gasteiger partial charge >= 0.3 is 5.97 Å². The summed E-state index contributed by atoms with van der Waals surface area (Å²) in [7, 11) is 1.65. The maximum Gasteiger partial charge on any atom is 0.338 e. The number of esters is 1. The van der Waals surface area contributed by atoms with E-state index < -0.39 is 11.5 Å². The summed E-state index contributed by atoms with van der Waals surface area (Å²) in [5.41, 5.74) is 2.56. The highest BCUT2D eigenvalue weighted by Gasteiger charge is 2.49. The largest absolute Gasteiger partial charge is 0.457 e. The molecule has 1 aromatic heterocycles. The van der Waals surface area contributed by atoms with Crippen LogP contribution < -0.4 is 10.5 Å². The Labute approximate surface area is 191 Å². The Morgan fingerprint density at radius 2 is 1.88 bits per heavy atom. The summed E-state index contributed by atoms with van der Waals surface area (Å²) < 4.78 is 6.56. The number of rotatable bonds is 4. The number of aryl methyl sites for hydroxylation is 1. The van der Waals surface area contributed by atoms with Gasteiger partial charge in [-0.2, -0.15) is 0 Å². The molecular weight excluding hydrogens is 424 g/mol. The third kappa shape index (κ3) is 3.65. The molecule has 1 N–H and O–H groups in total. The van der Waals surface area contributed by atoms with Crippen LogP contribution in [0.3, 0.4) is 0 Å². The van der Waals surface area contributed by atoms with Crippen LogP contribution in [0, 0.1) is 12.3 Å². The van der Waals surface area contributed by atoms with E-state index in [0.29, 0.717) is 24.5 Å². The van der Waals surface area contributed by atoms with Crippen LogP contribution in [-0.4, -0.2) is 57.6 Å². The number of aliphatic hydroxyl groups is 1. The lowest BCUT2D eigenvalue weighted by Gasteiger charge is -2.38. The standard InChI is InChI=1S/C24H28N4O5/c1-15-16(3-4-17-18(15)14-33-22(17)31)19(29)12-27-8-5-24(6-9-27)7-10-28(23(24)32)20-13-26(2)21(30)11-25-20/h3-4,11,13,19,29H,5-10,12,14H2,1-2H3. The zero-order chi connectivity index (χ0) is 23.3. The minimum atomic E-state index is -0.675. The van der Waals surface area contributed by atoms with Gasteiger partial charge in [0.1, 0.15) is 6.61 Å². The Bertz CT molecular complexity index is 1180. The number of nitrogens with zero attached hydrogens (tertiary/aromatic N) is 4. The van der Waals surface area contributed by atoms with Gasteiger partial charge in [0.05, 0.1) is 23.3 Å². The van der Waals surface area contributed by atoms with Crippen molar-refractivity contribution >= 4 is 17.7 Å². The Kier molecular flexibility index (Phi) is 5.33. The predicted molar refractivity (Wildman–Crippen MR) is 120 cm³/mol. The predicted octanol–water partition coefficient (Wildman–Crippen LogP) is 1.31. The van der Waals surface area contributed by atoms with E-state index in [-0.39, 0.29) is 24.0 Å². The number of ether oxygens (including phenoxy) is 1. The molecule has 9 nitrogen and oxygen atoms in total. The van der Waals surface area contributed by atoms with Crippen LogP contribution in [0.4, 0.5) is 5.82 Å². The summed E-state index contributed by atoms with van der Waals surface area (Å²) in [4.78, 5) is 44.8. The van der Waals surface area contributed by atoms with Gasteiger partial charge in [-0.1, -0.05) is 6.07 Å². The molecule has 33 heavy (non-hydrogen) atoms. The van der Waals surface area contributed by atoms with Crippen molar-refractivity contribution in [2.24, 2.45) is 12.5 Å². The fourth-order valence-electron chi connectivity index (χ4n) is 5.36. The fraction of sp³-hybridized carbons (Fsp3) is 0.500. The van der Waals surface area contributed by atoms with Crippen LogP contribution in [-0.2, 0) is 23.2 Å². The van der Waals surface area contributed by atoms with Crippen molar-refractivity contribution in [2.45, 2.75) is 38.9 Å². The number of carbonyl (C=O) groups excluding carboxylic acids is 2. The Morgan fingerprint density at radius 1 is 1.15 bits per heavy atom. The minimum Gasteiger partial charge on any atom is -0.457 e. The molecule has 1 unspecified atom stereocenters. The second-order valence-corrected chi connectivity index (χ2v) is 9.38. The lowest BCUT2D eigenvalue weighted by atomic mass is 9.77. The normalized spacial score (nSPS) is 20.9. The summed E-state index contributed by atoms with van der Waals surface area (Å²) >= 11 is 0. The third-order valence-corrected chi connectivity index (χ3v) is 7.56. The molecule has 9 heteroatoms. The van der Waals surface area contributed by atoms with Gasteiger partial charge in [0, 0.05) is 31.9 Å². The minimum absolute atomic E-state index is 0.0768. The molecule has 2 aromatic rings. The van der Waals surface area contributed by atoms with E-state index >= 15 is 0 Å². The summed E-state index contributed by atoms with van der Waals surface area (Å²) in [5, 5.41) is 10.9. The van der Waals surface area contributed by atoms with E-state index in [1.165, 1.54) is 10.8 Å². The number of amides is 1. The number of fused-ring (bicyclic) bond motifs is 1. The van der Waals surface area contributed by atoms with Crippen molar-refractivity contribution < 1.29 is 19.4 Å². The summed E-state index contributed by atoms with van der Waals surface area (Å²) in [6, 6.07) is 3.55. The first-order valence-corrected chi connectivity index (χ1v) is 11.3. The van der Waals surface area contributed by atoms with Gasteiger partial charge in [-0.25, -0.2) is 9.78 Å². The van der Waals surface area contributed by atoms with Crippen LogP contribution in [0.1, 0.15) is 52.4 Å². The number of aromatic nitrogens is 2. The summed E-state index contributed by atoms with van der Waals surface area (Å²) in [6.07, 6.45) is 4.41. The molecule has 0 bridgehead atoms. The second-order valence-electron chi connectivity index (χ2n) is 9.38. The molecule has 4 heterocycles. The number of carbonyl (C=O) groups is 2. The lowest BCUT2D eigenvalue weighted by Crippen LogP contribution is -2.46. The van der Waals surface area contributed by atoms with Crippen molar-refractivity contribution in [1.82, 2.24) is 14.5 Å². The van der Waals surface area contributed by atoms with E-state index in [2.05, 4.69) is 9.88 Å². The van der Waals surface area contributed by atoms with Gasteiger partial charge in [0.15, 0.2) is 5.82 Å². The molecule has 1 spiro atoms. The molecule has 3 aliphatic rings. The second kappa shape index (κ2) is 8.07. The average molecular weight is 453 g/mol. The molecule has 174 valence electrons. The molecule has 0 saturated carbocycles. The number of piperidine rings is 1. The summed E-state index contributed by atoms with van der Waals surface area (Å²) in [5.74, 6) is 0.290. The molecule has 3 aliphatic heterocycles. The lowest BCUT2D eigenvalue weighted by molar-refractivity contribution is -0.128. The number of hydrogen-bond donors (Lipinski definition) is 1. The van der Waals surface area contributed by atoms with Gasteiger partial charge in [0.25, 0.3) is 5.56 Å². The maximum atomic E-state index is 13.3. The number of anilines is 1. The highest BCUT2D eigenvalue weighted by molar-refractivity contribution is 5.99. The molecular formula is C24H28N4O5. The van der Waals surface area contributed by atoms with Crippen molar-refractivity contribution in [3.63, 3.8) is 0 Å². The molecule has 5 rings (SSSR count). The van der Waals surface area contributed by atoms with Gasteiger partial charge in [0.2, 0.25) is 5.91 Å². The van der Waals surface area contributed by atoms with Crippen molar-refractivity contribution in [3.05, 3.63) is 57.1 Å². The first-order chi connectivity index (χ1) is 15.8. The molecule has 0 radical (unpaired) electrons. The topological polar surface area (TPSA) is 105 Å². The molecule has 1 atom stereocenters. The zero-order valence-corrected chi connectivity index (χ0v) is 18.9. The smallest absolute Gasteiger partial charge is 0.338 e. The highest BCUT2D eigenvalue weighted by atomic mass is 16.5. The molecule has 2 fully saturated rings. The number of benzene rings is 1. The molecule has 1 aromatic carbocycles. The van der Waals surface area contributed by atoms with Gasteiger partial charge in [-0.3, -0.25) is 14.5 Å². The maximum absolute atomic E-state index is 13.3. The SMILES string of the molecule is Cc1c(C(O)CN2CCC3(CC2)CCN(c2cn(C)c(=O)cn2)C3=O)ccc2c1COC2=O. The first-order valence-electron chi connectivity index (χ1n) is 11.3. The van der Waals surface area contributed by atoms with Crippen LogP contribution in [0.25, 0.3) is 0 Å². The van der Waals surface area contributed by atoms with Crippen molar-refractivity contribution in [1.29, 1.82) is 0 Å². The summed E-state index contributed by atoms with van der Waals surface area (Å²) in [6.45, 7) is 4.71. The fourth-order valence-corrected chi connectivity index (χ4v) is 5.36. The van der Waals surface area contributed by atoms with Gasteiger partial charge in [-0.05, 0) is 56.5 Å². The highest BCUT2D eigenvalue weighted by Crippen LogP contribution is 2.43. The molecule has 1 amide bonds. The Hall–Kier alpha value is -3.04. The van der Waals surface area contributed by atoms with E-state index in [9.17, 15) is 19.5 Å². The van der Waals surface area contributed by atoms with Gasteiger partial charge in [-0.15, -0.1) is 0 Å². The molecule has 0 aliphatic carbocycles. The molecule has 2 saturated heterocycles. The Morgan fingerprint density at radius 3 is 2.61 bits per heavy atom. The van der Waals surface area contributed by atoms with E-state index in [4.69, 9.17) is 4.74 Å². The number of likely N-dealkylation sites (tertiary alicyclic amines) is 1. The van der Waals surface area contributed by atoms with E-state index in [1.807, 2.05) is 13.0 Å². The van der Waals surface area contributed by atoms with Crippen molar-refractivity contribution in [3.8, 4) is 0 Å². The number of β-amino-alcohol motifs (C(OH)–C–C–N with tert-alkyl or cyclic N) is 1. The van der Waals surface area contributed by atoms with Gasteiger partial charge < -0.3 is 19.3 Å². The monoisotopic (exact) mass is 452 g/mol. The van der Waals surface area contributed by atoms with E-state index in [0.717, 1.165) is 49.0 Å². The van der Waals surface area contributed by atoms with E-state index in [1.54, 1.807) is 24.2 Å². The average Bonchev–Trinajstić information content (AvgIpc) is 3.33. The number of hydrogen-bond acceptors (Lipinski definition) is 7. The number of aliphatic hydroxyl groups excluding tert-OH is 1.